The molecular weight excluding hydrogens is 294 g/mol. The van der Waals surface area contributed by atoms with Gasteiger partial charge in [0.1, 0.15) is 18.3 Å². The third-order valence-corrected chi connectivity index (χ3v) is 5.84. The molecule has 0 aromatic rings. The Bertz CT molecular complexity index is 405. The van der Waals surface area contributed by atoms with E-state index in [4.69, 9.17) is 14.5 Å². The lowest BCUT2D eigenvalue weighted by Crippen LogP contribution is -2.59. The molecule has 1 aliphatic heterocycles. The van der Waals surface area contributed by atoms with Gasteiger partial charge < -0.3 is 34.7 Å². The zero-order valence-electron chi connectivity index (χ0n) is 9.15. The Morgan fingerprint density at radius 3 is 2.17 bits per heavy atom. The van der Waals surface area contributed by atoms with E-state index in [-0.39, 0.29) is 0 Å². The molecule has 1 rings (SSSR count). The molecule has 1 fully saturated rings. The largest absolute Gasteiger partial charge is 0.476 e. The summed E-state index contributed by atoms with van der Waals surface area (Å²) in [5, 5.41) is 25.7. The Kier molecular flexibility index (Phi) is 4.42. The van der Waals surface area contributed by atoms with Crippen LogP contribution in [0.1, 0.15) is 6.92 Å². The zero-order chi connectivity index (χ0) is 14.4. The average Bonchev–Trinajstić information content (AvgIpc) is 2.17. The van der Waals surface area contributed by atoms with Crippen molar-refractivity contribution in [2.24, 2.45) is 0 Å². The highest BCUT2D eigenvalue weighted by Gasteiger charge is 2.60. The smallest absolute Gasteiger partial charge is 0.388 e. The van der Waals surface area contributed by atoms with Gasteiger partial charge in [-0.1, -0.05) is 0 Å². The van der Waals surface area contributed by atoms with E-state index in [0.717, 1.165) is 6.92 Å². The summed E-state index contributed by atoms with van der Waals surface area (Å²) >= 11 is 0. The normalized spacial score (nSPS) is 41.4. The van der Waals surface area contributed by atoms with Crippen molar-refractivity contribution in [1.82, 2.24) is 0 Å². The molecule has 1 unspecified atom stereocenters. The van der Waals surface area contributed by atoms with Gasteiger partial charge in [0.15, 0.2) is 5.34 Å². The number of aliphatic hydroxyl groups is 3. The van der Waals surface area contributed by atoms with Gasteiger partial charge in [0, 0.05) is 0 Å². The molecule has 0 radical (unpaired) electrons. The van der Waals surface area contributed by atoms with Crippen molar-refractivity contribution in [1.29, 1.82) is 0 Å². The number of aliphatic hydroxyl groups excluding tert-OH is 3. The van der Waals surface area contributed by atoms with Crippen LogP contribution in [0.4, 0.5) is 0 Å². The van der Waals surface area contributed by atoms with Crippen molar-refractivity contribution in [3.63, 3.8) is 0 Å². The Morgan fingerprint density at radius 1 is 1.22 bits per heavy atom. The van der Waals surface area contributed by atoms with Crippen LogP contribution in [0, 0.1) is 0 Å². The monoisotopic (exact) mass is 308 g/mol. The van der Waals surface area contributed by atoms with Gasteiger partial charge in [-0.15, -0.1) is 0 Å². The fourth-order valence-electron chi connectivity index (χ4n) is 1.44. The van der Waals surface area contributed by atoms with Crippen molar-refractivity contribution in [3.8, 4) is 0 Å². The van der Waals surface area contributed by atoms with Gasteiger partial charge >= 0.3 is 15.4 Å². The minimum absolute atomic E-state index is 0.607. The number of ether oxygens (including phenoxy) is 1. The molecule has 18 heavy (non-hydrogen) atoms. The van der Waals surface area contributed by atoms with E-state index >= 15 is 0 Å². The molecule has 1 aliphatic rings. The second-order valence-corrected chi connectivity index (χ2v) is 7.52. The summed E-state index contributed by atoms with van der Waals surface area (Å²) in [5.41, 5.74) is 0. The molecular formula is C6H14O10P2. The van der Waals surface area contributed by atoms with Crippen LogP contribution >= 0.6 is 15.4 Å². The maximum Gasteiger partial charge on any atom is 0.476 e. The summed E-state index contributed by atoms with van der Waals surface area (Å²) in [6.45, 7) is 0.229. The van der Waals surface area contributed by atoms with Crippen molar-refractivity contribution in [2.45, 2.75) is 30.6 Å². The third-order valence-electron chi connectivity index (χ3n) is 2.59. The number of hydrogen-bond donors (Lipinski definition) is 6. The first-order chi connectivity index (χ1) is 7.91. The van der Waals surface area contributed by atoms with E-state index in [2.05, 4.69) is 4.31 Å². The van der Waals surface area contributed by atoms with Crippen LogP contribution in [0.3, 0.4) is 0 Å². The van der Waals surface area contributed by atoms with Crippen molar-refractivity contribution in [3.05, 3.63) is 0 Å². The van der Waals surface area contributed by atoms with E-state index in [1.54, 1.807) is 0 Å². The van der Waals surface area contributed by atoms with Crippen LogP contribution in [0.25, 0.3) is 0 Å². The Hall–Kier alpha value is 0.140. The average molecular weight is 308 g/mol. The van der Waals surface area contributed by atoms with Gasteiger partial charge in [0.25, 0.3) is 0 Å². The topological polar surface area (TPSA) is 174 Å². The SMILES string of the molecule is C[C@]1(P(=O)(O)OP(=O)(O)O)OC[C@H](O)[C@H](O)[C@H]1O. The standard InChI is InChI=1S/C6H14O10P2/c1-6(17(10,11)16-18(12,13)14)5(9)4(8)3(7)2-15-6/h3-5,7-9H,2H2,1H3,(H,10,11)(H2,12,13,14)/t3-,4-,5+,6+/m0/s1. The summed E-state index contributed by atoms with van der Waals surface area (Å²) in [6.07, 6.45) is -5.38. The maximum atomic E-state index is 11.7. The van der Waals surface area contributed by atoms with Crippen LogP contribution < -0.4 is 0 Å². The Morgan fingerprint density at radius 2 is 1.72 bits per heavy atom. The van der Waals surface area contributed by atoms with Gasteiger partial charge in [0.05, 0.1) is 6.61 Å². The Labute approximate surface area is 102 Å². The van der Waals surface area contributed by atoms with Gasteiger partial charge in [0.2, 0.25) is 0 Å². The summed E-state index contributed by atoms with van der Waals surface area (Å²) in [4.78, 5) is 26.5. The lowest BCUT2D eigenvalue weighted by Gasteiger charge is -2.43. The summed E-state index contributed by atoms with van der Waals surface area (Å²) < 4.78 is 30.8. The molecule has 0 aliphatic carbocycles. The van der Waals surface area contributed by atoms with Crippen LogP contribution in [-0.2, 0) is 18.2 Å². The van der Waals surface area contributed by atoms with Gasteiger partial charge in [-0.05, 0) is 6.92 Å². The first-order valence-electron chi connectivity index (χ1n) is 4.68. The fraction of sp³-hybridized carbons (Fsp3) is 1.00. The van der Waals surface area contributed by atoms with E-state index in [1.165, 1.54) is 0 Å². The highest BCUT2D eigenvalue weighted by atomic mass is 31.3. The van der Waals surface area contributed by atoms with Crippen LogP contribution in [0.5, 0.6) is 0 Å². The van der Waals surface area contributed by atoms with Crippen molar-refractivity contribution < 1.29 is 48.2 Å². The molecule has 1 saturated heterocycles. The lowest BCUT2D eigenvalue weighted by molar-refractivity contribution is -0.203. The fourth-order valence-corrected chi connectivity index (χ4v) is 3.97. The molecule has 108 valence electrons. The maximum absolute atomic E-state index is 11.7. The van der Waals surface area contributed by atoms with E-state index in [1.807, 2.05) is 0 Å². The molecule has 1 heterocycles. The predicted molar refractivity (Wildman–Crippen MR) is 55.3 cm³/mol. The number of phosphoric acid groups is 1. The first-order valence-corrected chi connectivity index (χ1v) is 7.79. The molecule has 0 aromatic heterocycles. The van der Waals surface area contributed by atoms with Crippen molar-refractivity contribution >= 4 is 15.4 Å². The van der Waals surface area contributed by atoms with Crippen molar-refractivity contribution in [2.75, 3.05) is 6.61 Å². The minimum Gasteiger partial charge on any atom is -0.388 e. The van der Waals surface area contributed by atoms with Crippen LogP contribution in [-0.4, -0.2) is 60.3 Å². The van der Waals surface area contributed by atoms with E-state index in [0.29, 0.717) is 0 Å². The van der Waals surface area contributed by atoms with E-state index < -0.39 is 45.7 Å². The van der Waals surface area contributed by atoms with Gasteiger partial charge in [-0.3, -0.25) is 4.57 Å². The molecule has 6 N–H and O–H groups in total. The second-order valence-electron chi connectivity index (χ2n) is 3.96. The molecule has 0 saturated carbocycles. The number of hydrogen-bond acceptors (Lipinski definition) is 7. The van der Waals surface area contributed by atoms with Gasteiger partial charge in [-0.2, -0.15) is 0 Å². The van der Waals surface area contributed by atoms with Gasteiger partial charge in [-0.25, -0.2) is 8.88 Å². The molecule has 0 aromatic carbocycles. The molecule has 5 atom stereocenters. The quantitative estimate of drug-likeness (QED) is 0.323. The minimum atomic E-state index is -5.31. The summed E-state index contributed by atoms with van der Waals surface area (Å²) in [7, 11) is -10.4. The summed E-state index contributed by atoms with van der Waals surface area (Å²) in [5.74, 6) is 0. The zero-order valence-corrected chi connectivity index (χ0v) is 10.9. The van der Waals surface area contributed by atoms with E-state index in [9.17, 15) is 29.3 Å². The predicted octanol–water partition coefficient (Wildman–Crippen LogP) is -1.89. The van der Waals surface area contributed by atoms with Crippen LogP contribution in [0.2, 0.25) is 0 Å². The molecule has 10 nitrogen and oxygen atoms in total. The third kappa shape index (κ3) is 3.00. The Balaban J connectivity index is 3.06. The number of rotatable bonds is 3. The lowest BCUT2D eigenvalue weighted by atomic mass is 10.0. The molecule has 0 spiro atoms. The molecule has 0 bridgehead atoms. The second kappa shape index (κ2) is 4.92. The summed E-state index contributed by atoms with van der Waals surface area (Å²) in [6, 6.07) is 0. The van der Waals surface area contributed by atoms with Crippen LogP contribution in [0.15, 0.2) is 0 Å². The first kappa shape index (κ1) is 16.2. The molecule has 12 heteroatoms. The highest BCUT2D eigenvalue weighted by molar-refractivity contribution is 7.64. The molecule has 0 amide bonds. The highest BCUT2D eigenvalue weighted by Crippen LogP contribution is 2.66.